The average molecular weight is 646 g/mol. The molecule has 248 valence electrons. The predicted molar refractivity (Wildman–Crippen MR) is 186 cm³/mol. The van der Waals surface area contributed by atoms with Gasteiger partial charge in [0.1, 0.15) is 19.0 Å². The number of likely N-dealkylation sites (tertiary alicyclic amines) is 1. The molecule has 0 aliphatic carbocycles. The van der Waals surface area contributed by atoms with Crippen LogP contribution < -0.4 is 14.5 Å². The molecular formula is C38H43N7O3. The fourth-order valence-corrected chi connectivity index (χ4v) is 7.42. The zero-order chi connectivity index (χ0) is 33.0. The second-order valence-corrected chi connectivity index (χ2v) is 13.2. The Kier molecular flexibility index (Phi) is 9.30. The molecular weight excluding hydrogens is 602 g/mol. The lowest BCUT2D eigenvalue weighted by Gasteiger charge is -2.42. The van der Waals surface area contributed by atoms with Gasteiger partial charge in [-0.25, -0.2) is 4.79 Å². The zero-order valence-corrected chi connectivity index (χ0v) is 27.8. The van der Waals surface area contributed by atoms with E-state index in [4.69, 9.17) is 19.4 Å². The Labute approximate surface area is 282 Å². The molecule has 3 aliphatic heterocycles. The van der Waals surface area contributed by atoms with E-state index in [0.717, 1.165) is 48.6 Å². The SMILES string of the molecule is Cc1cccc2cccc(N3CCc4c(nc(OC[C@@H]5CCCN5C)nc4N4CCN(C(=O)OCc5ccccc5)[C@H](CC#N)C4)C3)c12. The fourth-order valence-electron chi connectivity index (χ4n) is 7.42. The Morgan fingerprint density at radius 1 is 0.958 bits per heavy atom. The van der Waals surface area contributed by atoms with Crippen molar-refractivity contribution < 1.29 is 14.3 Å². The molecule has 10 nitrogen and oxygen atoms in total. The first kappa shape index (κ1) is 31.7. The Morgan fingerprint density at radius 2 is 1.79 bits per heavy atom. The van der Waals surface area contributed by atoms with Crippen LogP contribution in [0.15, 0.2) is 66.7 Å². The highest BCUT2D eigenvalue weighted by Crippen LogP contribution is 2.36. The van der Waals surface area contributed by atoms with Gasteiger partial charge in [-0.15, -0.1) is 0 Å². The quantitative estimate of drug-likeness (QED) is 0.239. The molecule has 4 aromatic rings. The number of aromatic nitrogens is 2. The number of ether oxygens (including phenoxy) is 2. The summed E-state index contributed by atoms with van der Waals surface area (Å²) < 4.78 is 12.0. The minimum absolute atomic E-state index is 0.197. The van der Waals surface area contributed by atoms with Gasteiger partial charge >= 0.3 is 12.1 Å². The first-order valence-electron chi connectivity index (χ1n) is 17.0. The lowest BCUT2D eigenvalue weighted by molar-refractivity contribution is 0.0767. The van der Waals surface area contributed by atoms with Crippen LogP contribution in [-0.4, -0.2) is 84.3 Å². The van der Waals surface area contributed by atoms with Gasteiger partial charge in [-0.05, 0) is 62.4 Å². The van der Waals surface area contributed by atoms with Crippen molar-refractivity contribution in [3.63, 3.8) is 0 Å². The van der Waals surface area contributed by atoms with Crippen LogP contribution in [0.5, 0.6) is 6.01 Å². The van der Waals surface area contributed by atoms with E-state index in [1.807, 2.05) is 30.3 Å². The number of benzene rings is 3. The summed E-state index contributed by atoms with van der Waals surface area (Å²) in [4.78, 5) is 32.0. The Hall–Kier alpha value is -4.88. The molecule has 0 radical (unpaired) electrons. The lowest BCUT2D eigenvalue weighted by Crippen LogP contribution is -2.55. The summed E-state index contributed by atoms with van der Waals surface area (Å²) in [6.07, 6.45) is 2.85. The Balaban J connectivity index is 1.16. The van der Waals surface area contributed by atoms with Gasteiger partial charge in [0.05, 0.1) is 30.8 Å². The molecule has 2 saturated heterocycles. The monoisotopic (exact) mass is 645 g/mol. The van der Waals surface area contributed by atoms with E-state index in [1.54, 1.807) is 4.90 Å². The normalized spacial score (nSPS) is 19.6. The van der Waals surface area contributed by atoms with Gasteiger partial charge in [0.15, 0.2) is 0 Å². The van der Waals surface area contributed by atoms with E-state index in [2.05, 4.69) is 71.1 Å². The number of aryl methyl sites for hydroxylation is 1. The van der Waals surface area contributed by atoms with Crippen molar-refractivity contribution in [2.45, 2.75) is 57.8 Å². The van der Waals surface area contributed by atoms with Crippen LogP contribution in [0, 0.1) is 18.3 Å². The van der Waals surface area contributed by atoms with E-state index < -0.39 is 6.09 Å². The molecule has 1 aromatic heterocycles. The standard InChI is InChI=1S/C38H43N7O3/c1-27-9-6-12-29-13-7-15-34(35(27)29)43-20-17-32-33(24-43)40-37(47-26-31-14-8-19-42(31)2)41-36(32)44-21-22-45(30(23-44)16-18-39)38(46)48-25-28-10-4-3-5-11-28/h3-7,9-13,15,30-31H,8,14,16-17,19-26H2,1-2H3/t30-,31+/m1/s1. The molecule has 2 atom stereocenters. The van der Waals surface area contributed by atoms with Gasteiger partial charge in [0.25, 0.3) is 0 Å². The first-order valence-corrected chi connectivity index (χ1v) is 17.0. The molecule has 4 heterocycles. The van der Waals surface area contributed by atoms with Crippen LogP contribution in [-0.2, 0) is 24.3 Å². The second-order valence-electron chi connectivity index (χ2n) is 13.2. The molecule has 2 fully saturated rings. The number of likely N-dealkylation sites (N-methyl/N-ethyl adjacent to an activating group) is 1. The smallest absolute Gasteiger partial charge is 0.410 e. The number of nitrogens with zero attached hydrogens (tertiary/aromatic N) is 7. The van der Waals surface area contributed by atoms with Crippen molar-refractivity contribution in [2.75, 3.05) is 56.2 Å². The van der Waals surface area contributed by atoms with Crippen molar-refractivity contribution >= 4 is 28.4 Å². The highest BCUT2D eigenvalue weighted by atomic mass is 16.6. The highest BCUT2D eigenvalue weighted by Gasteiger charge is 2.35. The second kappa shape index (κ2) is 14.1. The number of carbonyl (C=O) groups excluding carboxylic acids is 1. The molecule has 0 spiro atoms. The summed E-state index contributed by atoms with van der Waals surface area (Å²) in [5.74, 6) is 0.851. The summed E-state index contributed by atoms with van der Waals surface area (Å²) >= 11 is 0. The number of amides is 1. The van der Waals surface area contributed by atoms with Gasteiger partial charge in [-0.2, -0.15) is 15.2 Å². The van der Waals surface area contributed by atoms with Crippen LogP contribution >= 0.6 is 0 Å². The van der Waals surface area contributed by atoms with Gasteiger partial charge in [-0.3, -0.25) is 0 Å². The molecule has 3 aromatic carbocycles. The Bertz CT molecular complexity index is 1800. The van der Waals surface area contributed by atoms with Gasteiger partial charge in [-0.1, -0.05) is 60.7 Å². The number of rotatable bonds is 8. The number of hydrogen-bond donors (Lipinski definition) is 0. The van der Waals surface area contributed by atoms with Crippen molar-refractivity contribution in [3.8, 4) is 12.1 Å². The highest BCUT2D eigenvalue weighted by molar-refractivity contribution is 5.97. The van der Waals surface area contributed by atoms with E-state index in [1.165, 1.54) is 28.4 Å². The molecule has 10 heteroatoms. The molecule has 7 rings (SSSR count). The summed E-state index contributed by atoms with van der Waals surface area (Å²) in [6.45, 7) is 6.94. The maximum Gasteiger partial charge on any atom is 0.410 e. The van der Waals surface area contributed by atoms with Crippen molar-refractivity contribution in [3.05, 3.63) is 89.1 Å². The van der Waals surface area contributed by atoms with E-state index in [-0.39, 0.29) is 19.1 Å². The Morgan fingerprint density at radius 3 is 2.58 bits per heavy atom. The third-order valence-electron chi connectivity index (χ3n) is 10.1. The molecule has 0 unspecified atom stereocenters. The molecule has 0 bridgehead atoms. The number of nitriles is 1. The van der Waals surface area contributed by atoms with Gasteiger partial charge in [0.2, 0.25) is 0 Å². The third kappa shape index (κ3) is 6.60. The molecule has 3 aliphatic rings. The minimum atomic E-state index is -0.394. The van der Waals surface area contributed by atoms with Crippen molar-refractivity contribution in [1.82, 2.24) is 19.8 Å². The lowest BCUT2D eigenvalue weighted by atomic mass is 9.99. The summed E-state index contributed by atoms with van der Waals surface area (Å²) in [7, 11) is 2.14. The molecule has 0 saturated carbocycles. The summed E-state index contributed by atoms with van der Waals surface area (Å²) in [6, 6.07) is 25.3. The maximum absolute atomic E-state index is 13.2. The molecule has 48 heavy (non-hydrogen) atoms. The van der Waals surface area contributed by atoms with Crippen LogP contribution in [0.1, 0.15) is 41.6 Å². The summed E-state index contributed by atoms with van der Waals surface area (Å²) in [5.41, 5.74) is 5.48. The summed E-state index contributed by atoms with van der Waals surface area (Å²) in [5, 5.41) is 12.2. The van der Waals surface area contributed by atoms with E-state index >= 15 is 0 Å². The van der Waals surface area contributed by atoms with Gasteiger partial charge in [0, 0.05) is 48.9 Å². The third-order valence-corrected chi connectivity index (χ3v) is 10.1. The molecule has 0 N–H and O–H groups in total. The average Bonchev–Trinajstić information content (AvgIpc) is 3.53. The zero-order valence-electron chi connectivity index (χ0n) is 27.8. The molecule has 1 amide bonds. The largest absolute Gasteiger partial charge is 0.462 e. The van der Waals surface area contributed by atoms with Crippen LogP contribution in [0.25, 0.3) is 10.8 Å². The fraction of sp³-hybridized carbons (Fsp3) is 0.421. The van der Waals surface area contributed by atoms with Crippen LogP contribution in [0.4, 0.5) is 16.3 Å². The minimum Gasteiger partial charge on any atom is -0.462 e. The van der Waals surface area contributed by atoms with E-state index in [9.17, 15) is 10.1 Å². The predicted octanol–water partition coefficient (Wildman–Crippen LogP) is 5.72. The van der Waals surface area contributed by atoms with Crippen LogP contribution in [0.3, 0.4) is 0 Å². The topological polar surface area (TPSA) is 98.1 Å². The number of anilines is 2. The van der Waals surface area contributed by atoms with Crippen molar-refractivity contribution in [1.29, 1.82) is 5.26 Å². The number of carbonyl (C=O) groups is 1. The maximum atomic E-state index is 13.2. The first-order chi connectivity index (χ1) is 23.5. The van der Waals surface area contributed by atoms with E-state index in [0.29, 0.717) is 44.8 Å². The number of hydrogen-bond acceptors (Lipinski definition) is 9. The number of fused-ring (bicyclic) bond motifs is 2. The van der Waals surface area contributed by atoms with Crippen LogP contribution in [0.2, 0.25) is 0 Å². The number of piperazine rings is 1. The van der Waals surface area contributed by atoms with Gasteiger partial charge < -0.3 is 29.1 Å². The van der Waals surface area contributed by atoms with Crippen molar-refractivity contribution in [2.24, 2.45) is 0 Å².